The maximum Gasteiger partial charge on any atom is 0.183 e. The SMILES string of the molecule is COc1ccc(-c2nc3ncnc(NCCN4CCOCC4)c3[nH]2)cc1. The van der Waals surface area contributed by atoms with Crippen molar-refractivity contribution in [3.05, 3.63) is 30.6 Å². The second-order valence-electron chi connectivity index (χ2n) is 6.12. The van der Waals surface area contributed by atoms with E-state index >= 15 is 0 Å². The number of H-pyrrole nitrogens is 1. The first-order valence-corrected chi connectivity index (χ1v) is 8.72. The largest absolute Gasteiger partial charge is 0.497 e. The number of hydrogen-bond acceptors (Lipinski definition) is 7. The van der Waals surface area contributed by atoms with E-state index in [1.165, 1.54) is 6.33 Å². The van der Waals surface area contributed by atoms with Crippen molar-refractivity contribution in [2.45, 2.75) is 0 Å². The predicted molar refractivity (Wildman–Crippen MR) is 99.4 cm³/mol. The highest BCUT2D eigenvalue weighted by Gasteiger charge is 2.13. The number of benzene rings is 1. The average molecular weight is 354 g/mol. The summed E-state index contributed by atoms with van der Waals surface area (Å²) in [6.45, 7) is 5.34. The van der Waals surface area contributed by atoms with Crippen LogP contribution in [0.3, 0.4) is 0 Å². The van der Waals surface area contributed by atoms with E-state index in [0.29, 0.717) is 5.65 Å². The molecule has 2 aromatic heterocycles. The lowest BCUT2D eigenvalue weighted by molar-refractivity contribution is 0.0398. The van der Waals surface area contributed by atoms with Crippen molar-refractivity contribution in [1.82, 2.24) is 24.8 Å². The summed E-state index contributed by atoms with van der Waals surface area (Å²) in [5, 5.41) is 3.39. The summed E-state index contributed by atoms with van der Waals surface area (Å²) in [5.74, 6) is 2.35. The second kappa shape index (κ2) is 7.67. The molecule has 0 amide bonds. The van der Waals surface area contributed by atoms with E-state index in [2.05, 4.69) is 30.2 Å². The number of hydrogen-bond donors (Lipinski definition) is 2. The van der Waals surface area contributed by atoms with Crippen molar-refractivity contribution in [1.29, 1.82) is 0 Å². The lowest BCUT2D eigenvalue weighted by Crippen LogP contribution is -2.39. The van der Waals surface area contributed by atoms with Crippen LogP contribution in [0, 0.1) is 0 Å². The molecule has 0 spiro atoms. The molecule has 1 aromatic carbocycles. The summed E-state index contributed by atoms with van der Waals surface area (Å²) in [4.78, 5) is 18.9. The van der Waals surface area contributed by atoms with Crippen molar-refractivity contribution in [3.63, 3.8) is 0 Å². The highest BCUT2D eigenvalue weighted by Crippen LogP contribution is 2.24. The smallest absolute Gasteiger partial charge is 0.183 e. The van der Waals surface area contributed by atoms with Crippen molar-refractivity contribution in [2.24, 2.45) is 0 Å². The molecule has 2 N–H and O–H groups in total. The number of ether oxygens (including phenoxy) is 2. The molecule has 1 aliphatic heterocycles. The Labute approximate surface area is 151 Å². The molecule has 0 saturated carbocycles. The van der Waals surface area contributed by atoms with Gasteiger partial charge in [0.05, 0.1) is 20.3 Å². The van der Waals surface area contributed by atoms with Crippen LogP contribution >= 0.6 is 0 Å². The maximum absolute atomic E-state index is 5.38. The fraction of sp³-hybridized carbons (Fsp3) is 0.389. The minimum atomic E-state index is 0.652. The lowest BCUT2D eigenvalue weighted by Gasteiger charge is -2.26. The van der Waals surface area contributed by atoms with Crippen LogP contribution in [0.2, 0.25) is 0 Å². The molecule has 1 aliphatic rings. The van der Waals surface area contributed by atoms with Crippen LogP contribution in [0.15, 0.2) is 30.6 Å². The third-order valence-corrected chi connectivity index (χ3v) is 4.48. The predicted octanol–water partition coefficient (Wildman–Crippen LogP) is 1.77. The standard InChI is InChI=1S/C18H22N6O2/c1-25-14-4-2-13(3-5-14)16-22-15-17(20-12-21-18(15)23-16)19-6-7-24-8-10-26-11-9-24/h2-5,12H,6-11H2,1H3,(H2,19,20,21,22,23). The molecule has 0 unspecified atom stereocenters. The van der Waals surface area contributed by atoms with Gasteiger partial charge in [-0.15, -0.1) is 0 Å². The Kier molecular flexibility index (Phi) is 4.94. The van der Waals surface area contributed by atoms with Crippen molar-refractivity contribution in [3.8, 4) is 17.1 Å². The number of nitrogens with one attached hydrogen (secondary N) is 2. The fourth-order valence-corrected chi connectivity index (χ4v) is 3.01. The van der Waals surface area contributed by atoms with E-state index in [0.717, 1.165) is 67.9 Å². The highest BCUT2D eigenvalue weighted by molar-refractivity contribution is 5.85. The van der Waals surface area contributed by atoms with Crippen LogP contribution in [0.25, 0.3) is 22.6 Å². The van der Waals surface area contributed by atoms with Gasteiger partial charge in [-0.1, -0.05) is 0 Å². The maximum atomic E-state index is 5.38. The van der Waals surface area contributed by atoms with Gasteiger partial charge in [-0.05, 0) is 24.3 Å². The van der Waals surface area contributed by atoms with Gasteiger partial charge in [0.15, 0.2) is 11.5 Å². The minimum absolute atomic E-state index is 0.652. The lowest BCUT2D eigenvalue weighted by atomic mass is 10.2. The quantitative estimate of drug-likeness (QED) is 0.697. The summed E-state index contributed by atoms with van der Waals surface area (Å²) in [6, 6.07) is 7.76. The first-order chi connectivity index (χ1) is 12.8. The average Bonchev–Trinajstić information content (AvgIpc) is 3.14. The fourth-order valence-electron chi connectivity index (χ4n) is 3.01. The Morgan fingerprint density at radius 2 is 2.00 bits per heavy atom. The van der Waals surface area contributed by atoms with Crippen LogP contribution < -0.4 is 10.1 Å². The van der Waals surface area contributed by atoms with E-state index < -0.39 is 0 Å². The minimum Gasteiger partial charge on any atom is -0.497 e. The third kappa shape index (κ3) is 3.61. The summed E-state index contributed by atoms with van der Waals surface area (Å²) in [7, 11) is 1.65. The number of imidazole rings is 1. The first kappa shape index (κ1) is 16.7. The molecule has 4 rings (SSSR count). The first-order valence-electron chi connectivity index (χ1n) is 8.72. The molecular formula is C18H22N6O2. The highest BCUT2D eigenvalue weighted by atomic mass is 16.5. The van der Waals surface area contributed by atoms with Gasteiger partial charge in [-0.3, -0.25) is 4.90 Å². The molecule has 8 nitrogen and oxygen atoms in total. The third-order valence-electron chi connectivity index (χ3n) is 4.48. The number of aromatic nitrogens is 4. The molecular weight excluding hydrogens is 332 g/mol. The Hall–Kier alpha value is -2.71. The number of anilines is 1. The van der Waals surface area contributed by atoms with Gasteiger partial charge in [0.2, 0.25) is 0 Å². The molecule has 1 fully saturated rings. The van der Waals surface area contributed by atoms with E-state index in [9.17, 15) is 0 Å². The number of nitrogens with zero attached hydrogens (tertiary/aromatic N) is 4. The van der Waals surface area contributed by atoms with Gasteiger partial charge < -0.3 is 19.8 Å². The zero-order valence-corrected chi connectivity index (χ0v) is 14.7. The zero-order chi connectivity index (χ0) is 17.8. The molecule has 3 heterocycles. The van der Waals surface area contributed by atoms with E-state index in [1.807, 2.05) is 24.3 Å². The van der Waals surface area contributed by atoms with Crippen molar-refractivity contribution in [2.75, 3.05) is 51.8 Å². The number of methoxy groups -OCH3 is 1. The van der Waals surface area contributed by atoms with Crippen LogP contribution in [-0.2, 0) is 4.74 Å². The van der Waals surface area contributed by atoms with Crippen LogP contribution in [0.1, 0.15) is 0 Å². The van der Waals surface area contributed by atoms with E-state index in [4.69, 9.17) is 9.47 Å². The Bertz CT molecular complexity index is 858. The molecule has 0 radical (unpaired) electrons. The van der Waals surface area contributed by atoms with Gasteiger partial charge in [-0.25, -0.2) is 15.0 Å². The molecule has 1 saturated heterocycles. The monoisotopic (exact) mass is 354 g/mol. The van der Waals surface area contributed by atoms with Crippen molar-refractivity contribution < 1.29 is 9.47 Å². The molecule has 0 atom stereocenters. The van der Waals surface area contributed by atoms with E-state index in [1.54, 1.807) is 7.11 Å². The molecule has 136 valence electrons. The van der Waals surface area contributed by atoms with Gasteiger partial charge >= 0.3 is 0 Å². The number of morpholine rings is 1. The molecule has 3 aromatic rings. The van der Waals surface area contributed by atoms with Crippen LogP contribution in [0.5, 0.6) is 5.75 Å². The zero-order valence-electron chi connectivity index (χ0n) is 14.7. The Morgan fingerprint density at radius 3 is 2.77 bits per heavy atom. The van der Waals surface area contributed by atoms with Crippen molar-refractivity contribution >= 4 is 17.0 Å². The molecule has 0 bridgehead atoms. The summed E-state index contributed by atoms with van der Waals surface area (Å²) < 4.78 is 10.6. The van der Waals surface area contributed by atoms with Gasteiger partial charge in [0.1, 0.15) is 23.4 Å². The number of rotatable bonds is 6. The number of fused-ring (bicyclic) bond motifs is 1. The van der Waals surface area contributed by atoms with Crippen LogP contribution in [-0.4, -0.2) is 71.3 Å². The second-order valence-corrected chi connectivity index (χ2v) is 6.12. The summed E-state index contributed by atoms with van der Waals surface area (Å²) >= 11 is 0. The summed E-state index contributed by atoms with van der Waals surface area (Å²) in [6.07, 6.45) is 1.54. The van der Waals surface area contributed by atoms with Gasteiger partial charge in [0.25, 0.3) is 0 Å². The molecule has 0 aliphatic carbocycles. The molecule has 8 heteroatoms. The van der Waals surface area contributed by atoms with Gasteiger partial charge in [-0.2, -0.15) is 0 Å². The van der Waals surface area contributed by atoms with Gasteiger partial charge in [0, 0.05) is 31.7 Å². The topological polar surface area (TPSA) is 88.2 Å². The van der Waals surface area contributed by atoms with E-state index in [-0.39, 0.29) is 0 Å². The normalized spacial score (nSPS) is 15.3. The molecule has 26 heavy (non-hydrogen) atoms. The summed E-state index contributed by atoms with van der Waals surface area (Å²) in [5.41, 5.74) is 2.45. The van der Waals surface area contributed by atoms with Crippen LogP contribution in [0.4, 0.5) is 5.82 Å². The number of aromatic amines is 1. The Morgan fingerprint density at radius 1 is 1.19 bits per heavy atom. The Balaban J connectivity index is 1.49.